The molecule has 2 aromatic carbocycles. The Morgan fingerprint density at radius 3 is 2.78 bits per heavy atom. The molecule has 0 radical (unpaired) electrons. The number of carbonyl (C=O) groups excluding carboxylic acids is 1. The van der Waals surface area contributed by atoms with Crippen molar-refractivity contribution in [2.75, 3.05) is 18.1 Å². The maximum Gasteiger partial charge on any atom is 0.262 e. The van der Waals surface area contributed by atoms with Crippen molar-refractivity contribution in [1.82, 2.24) is 9.55 Å². The molecule has 4 rings (SSSR count). The highest BCUT2D eigenvalue weighted by Gasteiger charge is 2.34. The van der Waals surface area contributed by atoms with Gasteiger partial charge in [-0.05, 0) is 57.4 Å². The lowest BCUT2D eigenvalue weighted by Crippen LogP contribution is -2.40. The van der Waals surface area contributed by atoms with Gasteiger partial charge in [0.15, 0.2) is 5.16 Å². The molecule has 2 atom stereocenters. The highest BCUT2D eigenvalue weighted by Crippen LogP contribution is 2.34. The average Bonchev–Trinajstić information content (AvgIpc) is 3.13. The number of rotatable bonds is 8. The van der Waals surface area contributed by atoms with Crippen LogP contribution in [0.4, 0.5) is 5.69 Å². The van der Waals surface area contributed by atoms with Crippen molar-refractivity contribution in [3.05, 3.63) is 64.4 Å². The van der Waals surface area contributed by atoms with Gasteiger partial charge in [-0.25, -0.2) is 4.98 Å². The maximum absolute atomic E-state index is 13.5. The van der Waals surface area contributed by atoms with Crippen LogP contribution in [0.15, 0.2) is 58.5 Å². The number of benzene rings is 2. The normalized spacial score (nSPS) is 16.3. The van der Waals surface area contributed by atoms with Crippen molar-refractivity contribution in [2.24, 2.45) is 0 Å². The fourth-order valence-electron chi connectivity index (χ4n) is 4.21. The minimum Gasteiger partial charge on any atom is -0.382 e. The summed E-state index contributed by atoms with van der Waals surface area (Å²) in [6, 6.07) is 15.5. The summed E-state index contributed by atoms with van der Waals surface area (Å²) in [5.41, 5.74) is 2.76. The lowest BCUT2D eigenvalue weighted by Gasteiger charge is -2.26. The van der Waals surface area contributed by atoms with Gasteiger partial charge in [0.1, 0.15) is 0 Å². The van der Waals surface area contributed by atoms with Gasteiger partial charge >= 0.3 is 0 Å². The van der Waals surface area contributed by atoms with Crippen LogP contribution in [0.2, 0.25) is 0 Å². The molecular weight excluding hydrogens is 422 g/mol. The van der Waals surface area contributed by atoms with E-state index in [1.165, 1.54) is 17.3 Å². The molecule has 0 spiro atoms. The first kappa shape index (κ1) is 22.6. The SMILES string of the molecule is CCOCCCn1c(S[C@H](C)C(=O)N2c3ccccc3C[C@H]2C)nc2ccccc2c1=O. The van der Waals surface area contributed by atoms with E-state index in [0.29, 0.717) is 42.2 Å². The fraction of sp³-hybridized carbons (Fsp3) is 0.400. The molecular formula is C25H29N3O3S. The molecule has 3 aromatic rings. The monoisotopic (exact) mass is 451 g/mol. The van der Waals surface area contributed by atoms with E-state index in [1.807, 2.05) is 55.1 Å². The van der Waals surface area contributed by atoms with Crippen LogP contribution >= 0.6 is 11.8 Å². The Hall–Kier alpha value is -2.64. The van der Waals surface area contributed by atoms with Crippen LogP contribution in [0.25, 0.3) is 10.9 Å². The van der Waals surface area contributed by atoms with E-state index in [9.17, 15) is 9.59 Å². The third-order valence-corrected chi connectivity index (χ3v) is 6.85. The maximum atomic E-state index is 13.5. The van der Waals surface area contributed by atoms with Gasteiger partial charge in [0, 0.05) is 31.5 Å². The molecule has 0 unspecified atom stereocenters. The number of anilines is 1. The number of hydrogen-bond acceptors (Lipinski definition) is 5. The molecule has 0 saturated carbocycles. The van der Waals surface area contributed by atoms with Crippen LogP contribution in [-0.4, -0.2) is 40.0 Å². The lowest BCUT2D eigenvalue weighted by atomic mass is 10.1. The van der Waals surface area contributed by atoms with E-state index in [1.54, 1.807) is 10.6 Å². The summed E-state index contributed by atoms with van der Waals surface area (Å²) in [7, 11) is 0. The van der Waals surface area contributed by atoms with Crippen LogP contribution in [0.3, 0.4) is 0 Å². The molecule has 7 heteroatoms. The van der Waals surface area contributed by atoms with E-state index in [4.69, 9.17) is 9.72 Å². The third-order valence-electron chi connectivity index (χ3n) is 5.78. The number of carbonyl (C=O) groups is 1. The Morgan fingerprint density at radius 2 is 1.97 bits per heavy atom. The molecule has 0 aliphatic carbocycles. The quantitative estimate of drug-likeness (QED) is 0.291. The largest absolute Gasteiger partial charge is 0.382 e. The zero-order valence-corrected chi connectivity index (χ0v) is 19.6. The molecule has 2 heterocycles. The number of ether oxygens (including phenoxy) is 1. The van der Waals surface area contributed by atoms with Gasteiger partial charge in [-0.2, -0.15) is 0 Å². The van der Waals surface area contributed by atoms with Gasteiger partial charge in [-0.3, -0.25) is 14.2 Å². The molecule has 32 heavy (non-hydrogen) atoms. The summed E-state index contributed by atoms with van der Waals surface area (Å²) in [4.78, 5) is 33.3. The summed E-state index contributed by atoms with van der Waals surface area (Å²) in [6.45, 7) is 7.66. The molecule has 1 aliphatic heterocycles. The van der Waals surface area contributed by atoms with Gasteiger partial charge in [0.05, 0.1) is 16.2 Å². The molecule has 168 valence electrons. The van der Waals surface area contributed by atoms with Crippen LogP contribution in [0.1, 0.15) is 32.8 Å². The van der Waals surface area contributed by atoms with E-state index in [2.05, 4.69) is 13.0 Å². The van der Waals surface area contributed by atoms with Gasteiger partial charge in [-0.15, -0.1) is 0 Å². The van der Waals surface area contributed by atoms with Crippen LogP contribution in [-0.2, 0) is 22.5 Å². The zero-order chi connectivity index (χ0) is 22.7. The topological polar surface area (TPSA) is 64.4 Å². The van der Waals surface area contributed by atoms with Crippen LogP contribution in [0.5, 0.6) is 0 Å². The number of hydrogen-bond donors (Lipinski definition) is 0. The Labute approximate surface area is 192 Å². The van der Waals surface area contributed by atoms with Gasteiger partial charge in [0.2, 0.25) is 5.91 Å². The Bertz CT molecular complexity index is 1180. The standard InChI is InChI=1S/C25H29N3O3S/c1-4-31-15-9-14-27-24(30)20-11-6-7-12-21(20)26-25(27)32-18(3)23(29)28-17(2)16-19-10-5-8-13-22(19)28/h5-8,10-13,17-18H,4,9,14-16H2,1-3H3/t17-,18-/m1/s1. The zero-order valence-electron chi connectivity index (χ0n) is 18.8. The minimum absolute atomic E-state index is 0.0377. The van der Waals surface area contributed by atoms with Crippen molar-refractivity contribution < 1.29 is 9.53 Å². The number of thioether (sulfide) groups is 1. The second-order valence-corrected chi connectivity index (χ2v) is 9.38. The minimum atomic E-state index is -0.380. The summed E-state index contributed by atoms with van der Waals surface area (Å²) in [5, 5.41) is 0.787. The highest BCUT2D eigenvalue weighted by atomic mass is 32.2. The van der Waals surface area contributed by atoms with Gasteiger partial charge in [-0.1, -0.05) is 42.1 Å². The van der Waals surface area contributed by atoms with E-state index in [0.717, 1.165) is 12.1 Å². The van der Waals surface area contributed by atoms with E-state index in [-0.39, 0.29) is 22.8 Å². The number of fused-ring (bicyclic) bond motifs is 2. The van der Waals surface area contributed by atoms with Crippen molar-refractivity contribution >= 4 is 34.3 Å². The molecule has 0 saturated heterocycles. The second kappa shape index (κ2) is 9.88. The molecule has 6 nitrogen and oxygen atoms in total. The van der Waals surface area contributed by atoms with Gasteiger partial charge in [0.25, 0.3) is 5.56 Å². The van der Waals surface area contributed by atoms with Crippen LogP contribution < -0.4 is 10.5 Å². The summed E-state index contributed by atoms with van der Waals surface area (Å²) in [6.07, 6.45) is 1.57. The second-order valence-electron chi connectivity index (χ2n) is 8.07. The number of amides is 1. The predicted molar refractivity (Wildman–Crippen MR) is 130 cm³/mol. The fourth-order valence-corrected chi connectivity index (χ4v) is 5.19. The summed E-state index contributed by atoms with van der Waals surface area (Å²) >= 11 is 1.35. The third kappa shape index (κ3) is 4.45. The van der Waals surface area contributed by atoms with Crippen LogP contribution in [0, 0.1) is 0 Å². The Morgan fingerprint density at radius 1 is 1.22 bits per heavy atom. The number of nitrogens with zero attached hydrogens (tertiary/aromatic N) is 3. The molecule has 1 amide bonds. The van der Waals surface area contributed by atoms with E-state index < -0.39 is 0 Å². The molecule has 1 aliphatic rings. The van der Waals surface area contributed by atoms with Crippen molar-refractivity contribution in [3.8, 4) is 0 Å². The van der Waals surface area contributed by atoms with Crippen molar-refractivity contribution in [3.63, 3.8) is 0 Å². The average molecular weight is 452 g/mol. The van der Waals surface area contributed by atoms with Crippen molar-refractivity contribution in [2.45, 2.75) is 56.6 Å². The van der Waals surface area contributed by atoms with E-state index >= 15 is 0 Å². The molecule has 0 bridgehead atoms. The lowest BCUT2D eigenvalue weighted by molar-refractivity contribution is -0.118. The molecule has 0 fully saturated rings. The first-order valence-corrected chi connectivity index (χ1v) is 12.0. The summed E-state index contributed by atoms with van der Waals surface area (Å²) in [5.74, 6) is 0.0377. The summed E-state index contributed by atoms with van der Waals surface area (Å²) < 4.78 is 7.14. The predicted octanol–water partition coefficient (Wildman–Crippen LogP) is 4.28. The molecule has 0 N–H and O–H groups in total. The first-order valence-electron chi connectivity index (χ1n) is 11.2. The number of aromatic nitrogens is 2. The Balaban J connectivity index is 1.62. The Kier molecular flexibility index (Phi) is 6.96. The number of para-hydroxylation sites is 2. The van der Waals surface area contributed by atoms with Crippen molar-refractivity contribution in [1.29, 1.82) is 0 Å². The van der Waals surface area contributed by atoms with Gasteiger partial charge < -0.3 is 9.64 Å². The smallest absolute Gasteiger partial charge is 0.262 e. The highest BCUT2D eigenvalue weighted by molar-refractivity contribution is 8.00. The molecule has 1 aromatic heterocycles. The first-order chi connectivity index (χ1) is 15.5.